The van der Waals surface area contributed by atoms with Crippen LogP contribution in [-0.2, 0) is 20.9 Å². The first-order valence-corrected chi connectivity index (χ1v) is 11.3. The van der Waals surface area contributed by atoms with Crippen LogP contribution in [0.1, 0.15) is 24.4 Å². The standard InChI is InChI=1S/C23H23N3O5S/c1-30-21(28)10-12-26-22(29)16-7-2-4-8-17(16)25-23(26)32-14-20(27)24-18-11-13-31-19-9-5-3-6-15(18)19/h2-9,18H,10-14H2,1H3,(H,24,27). The van der Waals surface area contributed by atoms with Gasteiger partial charge in [-0.1, -0.05) is 42.1 Å². The van der Waals surface area contributed by atoms with Gasteiger partial charge < -0.3 is 14.8 Å². The van der Waals surface area contributed by atoms with Crippen LogP contribution >= 0.6 is 11.8 Å². The van der Waals surface area contributed by atoms with Gasteiger partial charge in [-0.15, -0.1) is 0 Å². The molecule has 1 aliphatic rings. The minimum Gasteiger partial charge on any atom is -0.493 e. The van der Waals surface area contributed by atoms with Crippen molar-refractivity contribution in [2.75, 3.05) is 19.5 Å². The smallest absolute Gasteiger partial charge is 0.307 e. The highest BCUT2D eigenvalue weighted by molar-refractivity contribution is 7.99. The largest absolute Gasteiger partial charge is 0.493 e. The van der Waals surface area contributed by atoms with Gasteiger partial charge in [0.15, 0.2) is 5.16 Å². The number of hydrogen-bond donors (Lipinski definition) is 1. The maximum atomic E-state index is 13.0. The van der Waals surface area contributed by atoms with Gasteiger partial charge in [0.2, 0.25) is 5.91 Å². The fourth-order valence-electron chi connectivity index (χ4n) is 3.62. The Kier molecular flexibility index (Phi) is 6.75. The number of nitrogens with zero attached hydrogens (tertiary/aromatic N) is 2. The molecule has 1 unspecified atom stereocenters. The van der Waals surface area contributed by atoms with Gasteiger partial charge in [-0.3, -0.25) is 19.0 Å². The van der Waals surface area contributed by atoms with Crippen LogP contribution in [0.15, 0.2) is 58.5 Å². The van der Waals surface area contributed by atoms with E-state index in [2.05, 4.69) is 10.3 Å². The van der Waals surface area contributed by atoms with Crippen molar-refractivity contribution in [3.63, 3.8) is 0 Å². The van der Waals surface area contributed by atoms with Crippen LogP contribution in [0.5, 0.6) is 5.75 Å². The molecule has 0 radical (unpaired) electrons. The Morgan fingerprint density at radius 3 is 2.84 bits per heavy atom. The summed E-state index contributed by atoms with van der Waals surface area (Å²) >= 11 is 1.17. The lowest BCUT2D eigenvalue weighted by molar-refractivity contribution is -0.140. The number of fused-ring (bicyclic) bond motifs is 2. The summed E-state index contributed by atoms with van der Waals surface area (Å²) in [6, 6.07) is 14.5. The van der Waals surface area contributed by atoms with Crippen molar-refractivity contribution in [1.29, 1.82) is 0 Å². The second kappa shape index (κ2) is 9.86. The number of aromatic nitrogens is 2. The number of carbonyl (C=O) groups excluding carboxylic acids is 2. The Morgan fingerprint density at radius 2 is 2.00 bits per heavy atom. The predicted molar refractivity (Wildman–Crippen MR) is 121 cm³/mol. The van der Waals surface area contributed by atoms with Crippen LogP contribution in [-0.4, -0.2) is 40.9 Å². The number of rotatable bonds is 7. The van der Waals surface area contributed by atoms with Gasteiger partial charge >= 0.3 is 5.97 Å². The molecule has 1 aromatic heterocycles. The molecule has 1 atom stereocenters. The zero-order valence-electron chi connectivity index (χ0n) is 17.6. The summed E-state index contributed by atoms with van der Waals surface area (Å²) in [7, 11) is 1.30. The maximum Gasteiger partial charge on any atom is 0.307 e. The molecule has 1 amide bonds. The van der Waals surface area contributed by atoms with E-state index in [-0.39, 0.29) is 36.2 Å². The van der Waals surface area contributed by atoms with Crippen molar-refractivity contribution in [2.24, 2.45) is 0 Å². The van der Waals surface area contributed by atoms with E-state index < -0.39 is 5.97 Å². The zero-order valence-corrected chi connectivity index (χ0v) is 18.4. The number of ether oxygens (including phenoxy) is 2. The Hall–Kier alpha value is -3.33. The number of para-hydroxylation sites is 2. The molecule has 0 saturated heterocycles. The minimum absolute atomic E-state index is 0.0367. The molecule has 0 saturated carbocycles. The van der Waals surface area contributed by atoms with Crippen molar-refractivity contribution in [2.45, 2.75) is 30.6 Å². The molecule has 1 N–H and O–H groups in total. The van der Waals surface area contributed by atoms with Gasteiger partial charge in [0.1, 0.15) is 5.75 Å². The molecule has 0 spiro atoms. The molecular weight excluding hydrogens is 430 g/mol. The number of amides is 1. The van der Waals surface area contributed by atoms with Gasteiger partial charge in [0, 0.05) is 18.5 Å². The number of methoxy groups -OCH3 is 1. The Labute approximate surface area is 188 Å². The molecule has 0 fully saturated rings. The first-order chi connectivity index (χ1) is 15.6. The topological polar surface area (TPSA) is 99.5 Å². The molecule has 2 heterocycles. The van der Waals surface area contributed by atoms with Crippen molar-refractivity contribution in [1.82, 2.24) is 14.9 Å². The van der Waals surface area contributed by atoms with Crippen LogP contribution in [0.2, 0.25) is 0 Å². The monoisotopic (exact) mass is 453 g/mol. The van der Waals surface area contributed by atoms with E-state index in [0.717, 1.165) is 11.3 Å². The highest BCUT2D eigenvalue weighted by Gasteiger charge is 2.23. The molecule has 0 aliphatic carbocycles. The first-order valence-electron chi connectivity index (χ1n) is 10.3. The van der Waals surface area contributed by atoms with Crippen LogP contribution in [0, 0.1) is 0 Å². The van der Waals surface area contributed by atoms with Crippen LogP contribution in [0.4, 0.5) is 0 Å². The molecule has 0 bridgehead atoms. The summed E-state index contributed by atoms with van der Waals surface area (Å²) in [4.78, 5) is 41.9. The minimum atomic E-state index is -0.420. The number of nitrogens with one attached hydrogen (secondary N) is 1. The Bertz CT molecular complexity index is 1210. The van der Waals surface area contributed by atoms with Gasteiger partial charge in [0.25, 0.3) is 5.56 Å². The summed E-state index contributed by atoms with van der Waals surface area (Å²) < 4.78 is 11.8. The highest BCUT2D eigenvalue weighted by atomic mass is 32.2. The van der Waals surface area contributed by atoms with E-state index in [4.69, 9.17) is 9.47 Å². The van der Waals surface area contributed by atoms with E-state index in [1.54, 1.807) is 24.3 Å². The molecule has 4 rings (SSSR count). The van der Waals surface area contributed by atoms with Crippen molar-refractivity contribution in [3.8, 4) is 5.75 Å². The number of hydrogen-bond acceptors (Lipinski definition) is 7. The molecule has 2 aromatic carbocycles. The van der Waals surface area contributed by atoms with Crippen molar-refractivity contribution in [3.05, 3.63) is 64.4 Å². The van der Waals surface area contributed by atoms with Gasteiger partial charge in [0.05, 0.1) is 42.8 Å². The van der Waals surface area contributed by atoms with E-state index in [1.165, 1.54) is 23.4 Å². The molecule has 3 aromatic rings. The number of carbonyl (C=O) groups is 2. The molecule has 9 heteroatoms. The molecule has 8 nitrogen and oxygen atoms in total. The Balaban J connectivity index is 1.51. The third kappa shape index (κ3) is 4.77. The third-order valence-electron chi connectivity index (χ3n) is 5.22. The third-order valence-corrected chi connectivity index (χ3v) is 6.20. The van der Waals surface area contributed by atoms with E-state index >= 15 is 0 Å². The molecule has 166 valence electrons. The fourth-order valence-corrected chi connectivity index (χ4v) is 4.45. The van der Waals surface area contributed by atoms with Crippen molar-refractivity contribution >= 4 is 34.5 Å². The molecule has 1 aliphatic heterocycles. The van der Waals surface area contributed by atoms with E-state index in [9.17, 15) is 14.4 Å². The second-order valence-corrected chi connectivity index (χ2v) is 8.22. The maximum absolute atomic E-state index is 13.0. The SMILES string of the molecule is COC(=O)CCn1c(SCC(=O)NC2CCOc3ccccc32)nc2ccccc2c1=O. The van der Waals surface area contributed by atoms with Crippen molar-refractivity contribution < 1.29 is 19.1 Å². The quantitative estimate of drug-likeness (QED) is 0.334. The summed E-state index contributed by atoms with van der Waals surface area (Å²) in [5, 5.41) is 3.90. The van der Waals surface area contributed by atoms with Gasteiger partial charge in [-0.25, -0.2) is 4.98 Å². The first kappa shape index (κ1) is 21.9. The van der Waals surface area contributed by atoms with Crippen LogP contribution in [0.3, 0.4) is 0 Å². The highest BCUT2D eigenvalue weighted by Crippen LogP contribution is 2.31. The van der Waals surface area contributed by atoms with Crippen LogP contribution in [0.25, 0.3) is 10.9 Å². The average molecular weight is 454 g/mol. The average Bonchev–Trinajstić information content (AvgIpc) is 2.82. The van der Waals surface area contributed by atoms with E-state index in [0.29, 0.717) is 29.1 Å². The number of benzene rings is 2. The number of esters is 1. The van der Waals surface area contributed by atoms with E-state index in [1.807, 2.05) is 24.3 Å². The fraction of sp³-hybridized carbons (Fsp3) is 0.304. The summed E-state index contributed by atoms with van der Waals surface area (Å²) in [5.74, 6) is 0.280. The summed E-state index contributed by atoms with van der Waals surface area (Å²) in [6.07, 6.45) is 0.723. The number of thioether (sulfide) groups is 1. The van der Waals surface area contributed by atoms with Crippen LogP contribution < -0.4 is 15.6 Å². The lowest BCUT2D eigenvalue weighted by Gasteiger charge is -2.26. The Morgan fingerprint density at radius 1 is 1.22 bits per heavy atom. The normalized spacial score (nSPS) is 15.0. The second-order valence-electron chi connectivity index (χ2n) is 7.28. The summed E-state index contributed by atoms with van der Waals surface area (Å²) in [5.41, 5.74) is 1.25. The molecular formula is C23H23N3O5S. The summed E-state index contributed by atoms with van der Waals surface area (Å²) in [6.45, 7) is 0.662. The lowest BCUT2D eigenvalue weighted by Crippen LogP contribution is -2.33. The zero-order chi connectivity index (χ0) is 22.5. The van der Waals surface area contributed by atoms with Gasteiger partial charge in [-0.2, -0.15) is 0 Å². The molecule has 32 heavy (non-hydrogen) atoms. The predicted octanol–water partition coefficient (Wildman–Crippen LogP) is 2.69. The lowest BCUT2D eigenvalue weighted by atomic mass is 10.0. The van der Waals surface area contributed by atoms with Gasteiger partial charge in [-0.05, 0) is 18.2 Å².